The first-order valence-corrected chi connectivity index (χ1v) is 9.08. The van der Waals surface area contributed by atoms with Crippen molar-refractivity contribution in [2.75, 3.05) is 18.8 Å². The maximum atomic E-state index is 11.3. The SMILES string of the molecule is CC(C)(C)c1nn(C2(CC#N)CN(C(=O)O)C2)cc1-c1nccc2nc(N)nn12. The Labute approximate surface area is 166 Å². The second kappa shape index (κ2) is 6.16. The van der Waals surface area contributed by atoms with Crippen molar-refractivity contribution in [3.63, 3.8) is 0 Å². The van der Waals surface area contributed by atoms with E-state index in [9.17, 15) is 15.2 Å². The smallest absolute Gasteiger partial charge is 0.407 e. The molecule has 150 valence electrons. The van der Waals surface area contributed by atoms with Crippen molar-refractivity contribution >= 4 is 17.7 Å². The Hall–Kier alpha value is -3.68. The highest BCUT2D eigenvalue weighted by atomic mass is 16.4. The molecule has 0 aliphatic carbocycles. The summed E-state index contributed by atoms with van der Waals surface area (Å²) in [6.45, 7) is 6.49. The van der Waals surface area contributed by atoms with E-state index in [0.29, 0.717) is 11.5 Å². The van der Waals surface area contributed by atoms with E-state index in [4.69, 9.17) is 10.8 Å². The van der Waals surface area contributed by atoms with Crippen LogP contribution in [0.5, 0.6) is 0 Å². The molecule has 3 N–H and O–H groups in total. The Morgan fingerprint density at radius 2 is 2.10 bits per heavy atom. The van der Waals surface area contributed by atoms with Crippen LogP contribution in [0.2, 0.25) is 0 Å². The number of aromatic nitrogens is 6. The minimum Gasteiger partial charge on any atom is -0.465 e. The maximum absolute atomic E-state index is 11.3. The minimum atomic E-state index is -1.01. The molecule has 0 atom stereocenters. The third-order valence-corrected chi connectivity index (χ3v) is 5.07. The number of carbonyl (C=O) groups is 1. The molecule has 0 radical (unpaired) electrons. The van der Waals surface area contributed by atoms with Crippen LogP contribution in [0.4, 0.5) is 10.7 Å². The van der Waals surface area contributed by atoms with Crippen molar-refractivity contribution in [3.05, 3.63) is 24.2 Å². The van der Waals surface area contributed by atoms with E-state index in [1.165, 1.54) is 4.90 Å². The predicted octanol–water partition coefficient (Wildman–Crippen LogP) is 1.47. The van der Waals surface area contributed by atoms with Gasteiger partial charge in [-0.05, 0) is 0 Å². The number of likely N-dealkylation sites (tertiary alicyclic amines) is 1. The van der Waals surface area contributed by atoms with Crippen molar-refractivity contribution in [1.82, 2.24) is 34.3 Å². The standard InChI is InChI=1S/C18H21N9O2/c1-17(2,3)13-11(14-21-7-4-12-22-15(20)24-27(12)14)8-26(23-13)18(5-6-19)9-25(10-18)16(28)29/h4,7-8H,5,9-10H2,1-3H3,(H2,20,24)(H,28,29). The van der Waals surface area contributed by atoms with Gasteiger partial charge in [0.05, 0.1) is 36.8 Å². The number of nitrogen functional groups attached to an aromatic ring is 1. The van der Waals surface area contributed by atoms with Gasteiger partial charge in [-0.1, -0.05) is 20.8 Å². The first-order chi connectivity index (χ1) is 13.6. The average molecular weight is 395 g/mol. The Kier molecular flexibility index (Phi) is 3.97. The van der Waals surface area contributed by atoms with Crippen LogP contribution in [-0.4, -0.2) is 58.6 Å². The number of hydrogen-bond acceptors (Lipinski definition) is 7. The fourth-order valence-electron chi connectivity index (χ4n) is 3.64. The van der Waals surface area contributed by atoms with Gasteiger partial charge in [0.1, 0.15) is 5.54 Å². The second-order valence-electron chi connectivity index (χ2n) is 8.29. The zero-order chi connectivity index (χ0) is 21.0. The van der Waals surface area contributed by atoms with E-state index in [2.05, 4.69) is 21.1 Å². The molecule has 3 aromatic heterocycles. The van der Waals surface area contributed by atoms with Gasteiger partial charge in [-0.25, -0.2) is 9.78 Å². The molecule has 11 heteroatoms. The van der Waals surface area contributed by atoms with E-state index >= 15 is 0 Å². The Morgan fingerprint density at radius 3 is 2.72 bits per heavy atom. The van der Waals surface area contributed by atoms with Crippen molar-refractivity contribution in [2.24, 2.45) is 0 Å². The first-order valence-electron chi connectivity index (χ1n) is 9.08. The molecule has 3 aromatic rings. The molecule has 1 aliphatic heterocycles. The fraction of sp³-hybridized carbons (Fsp3) is 0.444. The monoisotopic (exact) mass is 395 g/mol. The average Bonchev–Trinajstić information content (AvgIpc) is 3.19. The lowest BCUT2D eigenvalue weighted by Gasteiger charge is -2.47. The van der Waals surface area contributed by atoms with Crippen LogP contribution >= 0.6 is 0 Å². The molecule has 0 spiro atoms. The summed E-state index contributed by atoms with van der Waals surface area (Å²) in [6.07, 6.45) is 2.58. The molecule has 1 saturated heterocycles. The van der Waals surface area contributed by atoms with Crippen LogP contribution in [0.25, 0.3) is 17.0 Å². The third kappa shape index (κ3) is 2.93. The molecule has 0 saturated carbocycles. The van der Waals surface area contributed by atoms with Gasteiger partial charge in [0.15, 0.2) is 11.5 Å². The number of nitrogens with zero attached hydrogens (tertiary/aromatic N) is 8. The third-order valence-electron chi connectivity index (χ3n) is 5.07. The molecule has 29 heavy (non-hydrogen) atoms. The number of rotatable bonds is 3. The highest BCUT2D eigenvalue weighted by Gasteiger charge is 2.48. The molecule has 0 aromatic carbocycles. The molecule has 1 amide bonds. The molecule has 4 heterocycles. The van der Waals surface area contributed by atoms with Gasteiger partial charge in [0, 0.05) is 23.9 Å². The van der Waals surface area contributed by atoms with E-state index in [-0.39, 0.29) is 30.9 Å². The minimum absolute atomic E-state index is 0.140. The summed E-state index contributed by atoms with van der Waals surface area (Å²) in [5, 5.41) is 27.6. The summed E-state index contributed by atoms with van der Waals surface area (Å²) in [5.41, 5.74) is 6.78. The Bertz CT molecular complexity index is 1140. The zero-order valence-corrected chi connectivity index (χ0v) is 16.4. The lowest BCUT2D eigenvalue weighted by molar-refractivity contribution is 0.0135. The first kappa shape index (κ1) is 18.7. The van der Waals surface area contributed by atoms with Gasteiger partial charge in [0.25, 0.3) is 0 Å². The number of carboxylic acid groups (broad SMARTS) is 1. The summed E-state index contributed by atoms with van der Waals surface area (Å²) in [6, 6.07) is 3.88. The lowest BCUT2D eigenvalue weighted by atomic mass is 9.87. The second-order valence-corrected chi connectivity index (χ2v) is 8.29. The van der Waals surface area contributed by atoms with Crippen LogP contribution < -0.4 is 5.73 Å². The molecular weight excluding hydrogens is 374 g/mol. The number of amides is 1. The summed E-state index contributed by atoms with van der Waals surface area (Å²) >= 11 is 0. The Morgan fingerprint density at radius 1 is 1.38 bits per heavy atom. The number of nitrogens with two attached hydrogens (primary N) is 1. The quantitative estimate of drug-likeness (QED) is 0.676. The molecule has 0 bridgehead atoms. The van der Waals surface area contributed by atoms with Crippen LogP contribution in [0.3, 0.4) is 0 Å². The van der Waals surface area contributed by atoms with E-state index in [1.54, 1.807) is 21.5 Å². The molecule has 4 rings (SSSR count). The highest BCUT2D eigenvalue weighted by molar-refractivity contribution is 5.67. The summed E-state index contributed by atoms with van der Waals surface area (Å²) in [5.74, 6) is 0.672. The Balaban J connectivity index is 1.88. The zero-order valence-electron chi connectivity index (χ0n) is 16.4. The summed E-state index contributed by atoms with van der Waals surface area (Å²) < 4.78 is 3.28. The topological polar surface area (TPSA) is 151 Å². The van der Waals surface area contributed by atoms with Gasteiger partial charge in [0.2, 0.25) is 5.95 Å². The van der Waals surface area contributed by atoms with Crippen LogP contribution in [0.1, 0.15) is 32.9 Å². The number of hydrogen-bond donors (Lipinski definition) is 2. The van der Waals surface area contributed by atoms with Gasteiger partial charge < -0.3 is 15.7 Å². The maximum Gasteiger partial charge on any atom is 0.407 e. The van der Waals surface area contributed by atoms with Gasteiger partial charge >= 0.3 is 6.09 Å². The van der Waals surface area contributed by atoms with Crippen LogP contribution in [-0.2, 0) is 11.0 Å². The number of fused-ring (bicyclic) bond motifs is 1. The van der Waals surface area contributed by atoms with Gasteiger partial charge in [-0.3, -0.25) is 4.68 Å². The predicted molar refractivity (Wildman–Crippen MR) is 103 cm³/mol. The van der Waals surface area contributed by atoms with Crippen molar-refractivity contribution < 1.29 is 9.90 Å². The van der Waals surface area contributed by atoms with Crippen LogP contribution in [0, 0.1) is 11.3 Å². The highest BCUT2D eigenvalue weighted by Crippen LogP contribution is 2.37. The molecule has 1 aliphatic rings. The fourth-order valence-corrected chi connectivity index (χ4v) is 3.64. The lowest BCUT2D eigenvalue weighted by Crippen LogP contribution is -2.64. The number of nitriles is 1. The van der Waals surface area contributed by atoms with Gasteiger partial charge in [-0.2, -0.15) is 19.9 Å². The number of anilines is 1. The van der Waals surface area contributed by atoms with E-state index < -0.39 is 11.6 Å². The normalized spacial score (nSPS) is 15.9. The summed E-state index contributed by atoms with van der Waals surface area (Å²) in [7, 11) is 0. The summed E-state index contributed by atoms with van der Waals surface area (Å²) in [4.78, 5) is 21.2. The van der Waals surface area contributed by atoms with Crippen molar-refractivity contribution in [3.8, 4) is 17.5 Å². The van der Waals surface area contributed by atoms with Crippen molar-refractivity contribution in [2.45, 2.75) is 38.1 Å². The van der Waals surface area contributed by atoms with Crippen molar-refractivity contribution in [1.29, 1.82) is 5.26 Å². The van der Waals surface area contributed by atoms with Crippen LogP contribution in [0.15, 0.2) is 18.5 Å². The largest absolute Gasteiger partial charge is 0.465 e. The van der Waals surface area contributed by atoms with E-state index in [1.807, 2.05) is 27.0 Å². The molecule has 11 nitrogen and oxygen atoms in total. The van der Waals surface area contributed by atoms with Gasteiger partial charge in [-0.15, -0.1) is 5.10 Å². The molecule has 1 fully saturated rings. The van der Waals surface area contributed by atoms with E-state index in [0.717, 1.165) is 11.3 Å². The molecular formula is C18H21N9O2. The molecule has 0 unspecified atom stereocenters.